The molecule has 2 rings (SSSR count). The molecule has 3 nitrogen and oxygen atoms in total. The van der Waals surface area contributed by atoms with Crippen molar-refractivity contribution in [2.45, 2.75) is 26.2 Å². The zero-order valence-electron chi connectivity index (χ0n) is 12.4. The third-order valence-corrected chi connectivity index (χ3v) is 3.22. The van der Waals surface area contributed by atoms with E-state index in [2.05, 4.69) is 26.1 Å². The van der Waals surface area contributed by atoms with Crippen molar-refractivity contribution in [3.8, 4) is 0 Å². The first-order chi connectivity index (χ1) is 9.79. The van der Waals surface area contributed by atoms with E-state index >= 15 is 0 Å². The van der Waals surface area contributed by atoms with Gasteiger partial charge in [-0.3, -0.25) is 4.79 Å². The van der Waals surface area contributed by atoms with Crippen molar-refractivity contribution in [3.05, 3.63) is 59.4 Å². The molecule has 0 bridgehead atoms. The van der Waals surface area contributed by atoms with E-state index in [1.807, 2.05) is 24.3 Å². The summed E-state index contributed by atoms with van der Waals surface area (Å²) in [4.78, 5) is 12.3. The summed E-state index contributed by atoms with van der Waals surface area (Å²) in [6, 6.07) is 11.5. The van der Waals surface area contributed by atoms with Gasteiger partial charge in [-0.05, 0) is 35.2 Å². The number of amides is 1. The molecule has 0 aromatic heterocycles. The molecule has 0 aliphatic rings. The molecule has 2 aromatic carbocycles. The Labute approximate surface area is 124 Å². The molecule has 0 fully saturated rings. The standard InChI is InChI=1S/C17H19FN2O/c1-17(2,3)13-6-4-5-7-15(13)20-16(21)12-10-11(19)8-9-14(12)18/h4-10H,19H2,1-3H3,(H,20,21). The van der Waals surface area contributed by atoms with E-state index in [1.165, 1.54) is 18.2 Å². The van der Waals surface area contributed by atoms with Crippen LogP contribution in [0.4, 0.5) is 15.8 Å². The van der Waals surface area contributed by atoms with E-state index in [1.54, 1.807) is 0 Å². The molecular formula is C17H19FN2O. The predicted molar refractivity (Wildman–Crippen MR) is 83.9 cm³/mol. The van der Waals surface area contributed by atoms with E-state index < -0.39 is 11.7 Å². The van der Waals surface area contributed by atoms with Gasteiger partial charge in [-0.1, -0.05) is 39.0 Å². The van der Waals surface area contributed by atoms with Gasteiger partial charge >= 0.3 is 0 Å². The van der Waals surface area contributed by atoms with Gasteiger partial charge in [0.2, 0.25) is 0 Å². The second-order valence-corrected chi connectivity index (χ2v) is 5.99. The van der Waals surface area contributed by atoms with Gasteiger partial charge in [0, 0.05) is 11.4 Å². The average molecular weight is 286 g/mol. The number of nitrogens with one attached hydrogen (secondary N) is 1. The topological polar surface area (TPSA) is 55.1 Å². The third-order valence-electron chi connectivity index (χ3n) is 3.22. The Hall–Kier alpha value is -2.36. The molecular weight excluding hydrogens is 267 g/mol. The van der Waals surface area contributed by atoms with Crippen LogP contribution in [0, 0.1) is 5.82 Å². The first-order valence-electron chi connectivity index (χ1n) is 6.75. The molecule has 2 aromatic rings. The van der Waals surface area contributed by atoms with Crippen LogP contribution < -0.4 is 11.1 Å². The van der Waals surface area contributed by atoms with E-state index in [9.17, 15) is 9.18 Å². The highest BCUT2D eigenvalue weighted by Crippen LogP contribution is 2.29. The number of anilines is 2. The minimum absolute atomic E-state index is 0.0567. The molecule has 0 unspecified atom stereocenters. The minimum atomic E-state index is -0.588. The Morgan fingerprint density at radius 1 is 1.14 bits per heavy atom. The number of hydrogen-bond donors (Lipinski definition) is 2. The van der Waals surface area contributed by atoms with Crippen LogP contribution in [-0.2, 0) is 5.41 Å². The Kier molecular flexibility index (Phi) is 3.98. The molecule has 0 saturated carbocycles. The fourth-order valence-electron chi connectivity index (χ4n) is 2.15. The molecule has 0 radical (unpaired) electrons. The largest absolute Gasteiger partial charge is 0.399 e. The van der Waals surface area contributed by atoms with Crippen LogP contribution in [-0.4, -0.2) is 5.91 Å². The summed E-state index contributed by atoms with van der Waals surface area (Å²) in [5, 5.41) is 2.77. The highest BCUT2D eigenvalue weighted by Gasteiger charge is 2.20. The second-order valence-electron chi connectivity index (χ2n) is 5.99. The lowest BCUT2D eigenvalue weighted by Gasteiger charge is -2.23. The number of hydrogen-bond acceptors (Lipinski definition) is 2. The zero-order valence-corrected chi connectivity index (χ0v) is 12.4. The average Bonchev–Trinajstić information content (AvgIpc) is 2.41. The Bertz CT molecular complexity index is 675. The summed E-state index contributed by atoms with van der Waals surface area (Å²) in [7, 11) is 0. The monoisotopic (exact) mass is 286 g/mol. The van der Waals surface area contributed by atoms with Crippen molar-refractivity contribution in [1.29, 1.82) is 0 Å². The van der Waals surface area contributed by atoms with Crippen LogP contribution in [0.1, 0.15) is 36.7 Å². The van der Waals surface area contributed by atoms with E-state index in [0.717, 1.165) is 5.56 Å². The van der Waals surface area contributed by atoms with Gasteiger partial charge in [-0.2, -0.15) is 0 Å². The number of benzene rings is 2. The highest BCUT2D eigenvalue weighted by molar-refractivity contribution is 6.05. The molecule has 0 atom stereocenters. The Morgan fingerprint density at radius 3 is 2.48 bits per heavy atom. The Balaban J connectivity index is 2.35. The number of carbonyl (C=O) groups is 1. The van der Waals surface area contributed by atoms with Crippen molar-refractivity contribution in [3.63, 3.8) is 0 Å². The van der Waals surface area contributed by atoms with Gasteiger partial charge in [-0.25, -0.2) is 4.39 Å². The number of nitrogens with two attached hydrogens (primary N) is 1. The fraction of sp³-hybridized carbons (Fsp3) is 0.235. The molecule has 1 amide bonds. The molecule has 0 aliphatic carbocycles. The van der Waals surface area contributed by atoms with E-state index in [-0.39, 0.29) is 11.0 Å². The number of rotatable bonds is 2. The predicted octanol–water partition coefficient (Wildman–Crippen LogP) is 3.96. The number of halogens is 1. The summed E-state index contributed by atoms with van der Waals surface area (Å²) in [6.07, 6.45) is 0. The van der Waals surface area contributed by atoms with Gasteiger partial charge in [0.1, 0.15) is 5.82 Å². The second kappa shape index (κ2) is 5.56. The lowest BCUT2D eigenvalue weighted by molar-refractivity contribution is 0.102. The maximum Gasteiger partial charge on any atom is 0.258 e. The maximum absolute atomic E-state index is 13.7. The normalized spacial score (nSPS) is 11.2. The quantitative estimate of drug-likeness (QED) is 0.821. The molecule has 21 heavy (non-hydrogen) atoms. The maximum atomic E-state index is 13.7. The van der Waals surface area contributed by atoms with Crippen molar-refractivity contribution < 1.29 is 9.18 Å². The highest BCUT2D eigenvalue weighted by atomic mass is 19.1. The molecule has 3 N–H and O–H groups in total. The lowest BCUT2D eigenvalue weighted by atomic mass is 9.86. The van der Waals surface area contributed by atoms with Crippen LogP contribution in [0.2, 0.25) is 0 Å². The lowest BCUT2D eigenvalue weighted by Crippen LogP contribution is -2.19. The Morgan fingerprint density at radius 2 is 1.81 bits per heavy atom. The molecule has 0 heterocycles. The van der Waals surface area contributed by atoms with Crippen molar-refractivity contribution in [2.24, 2.45) is 0 Å². The molecule has 110 valence electrons. The SMILES string of the molecule is CC(C)(C)c1ccccc1NC(=O)c1cc(N)ccc1F. The summed E-state index contributed by atoms with van der Waals surface area (Å²) in [5.41, 5.74) is 7.45. The fourth-order valence-corrected chi connectivity index (χ4v) is 2.15. The summed E-state index contributed by atoms with van der Waals surface area (Å²) >= 11 is 0. The van der Waals surface area contributed by atoms with Gasteiger partial charge in [0.15, 0.2) is 0 Å². The summed E-state index contributed by atoms with van der Waals surface area (Å²) in [6.45, 7) is 6.16. The first kappa shape index (κ1) is 15.0. The summed E-state index contributed by atoms with van der Waals surface area (Å²) in [5.74, 6) is -1.09. The van der Waals surface area contributed by atoms with Crippen LogP contribution in [0.5, 0.6) is 0 Å². The van der Waals surface area contributed by atoms with Crippen LogP contribution in [0.25, 0.3) is 0 Å². The van der Waals surface area contributed by atoms with Gasteiger partial charge < -0.3 is 11.1 Å². The first-order valence-corrected chi connectivity index (χ1v) is 6.75. The molecule has 0 saturated heterocycles. The van der Waals surface area contributed by atoms with E-state index in [4.69, 9.17) is 5.73 Å². The van der Waals surface area contributed by atoms with Crippen molar-refractivity contribution >= 4 is 17.3 Å². The molecule has 0 aliphatic heterocycles. The molecule has 0 spiro atoms. The van der Waals surface area contributed by atoms with Crippen LogP contribution >= 0.6 is 0 Å². The smallest absolute Gasteiger partial charge is 0.258 e. The van der Waals surface area contributed by atoms with Gasteiger partial charge in [0.05, 0.1) is 5.56 Å². The van der Waals surface area contributed by atoms with Crippen molar-refractivity contribution in [2.75, 3.05) is 11.1 Å². The number of carbonyl (C=O) groups excluding carboxylic acids is 1. The van der Waals surface area contributed by atoms with E-state index in [0.29, 0.717) is 11.4 Å². The zero-order chi connectivity index (χ0) is 15.6. The van der Waals surface area contributed by atoms with Crippen molar-refractivity contribution in [1.82, 2.24) is 0 Å². The number of nitrogen functional groups attached to an aromatic ring is 1. The summed E-state index contributed by atoms with van der Waals surface area (Å²) < 4.78 is 13.7. The van der Waals surface area contributed by atoms with Crippen LogP contribution in [0.3, 0.4) is 0 Å². The van der Waals surface area contributed by atoms with Gasteiger partial charge in [0.25, 0.3) is 5.91 Å². The number of para-hydroxylation sites is 1. The molecule has 4 heteroatoms. The van der Waals surface area contributed by atoms with Gasteiger partial charge in [-0.15, -0.1) is 0 Å². The minimum Gasteiger partial charge on any atom is -0.399 e. The third kappa shape index (κ3) is 3.40. The van der Waals surface area contributed by atoms with Crippen LogP contribution in [0.15, 0.2) is 42.5 Å².